The van der Waals surface area contributed by atoms with E-state index < -0.39 is 12.0 Å². The molecule has 3 aromatic rings. The number of methoxy groups -OCH3 is 1. The number of carbonyl (C=O) groups is 1. The van der Waals surface area contributed by atoms with Gasteiger partial charge in [0.1, 0.15) is 18.0 Å². The number of urea groups is 1. The zero-order valence-electron chi connectivity index (χ0n) is 19.0. The number of hydrogen-bond donors (Lipinski definition) is 2. The predicted molar refractivity (Wildman–Crippen MR) is 127 cm³/mol. The Kier molecular flexibility index (Phi) is 6.01. The Balaban J connectivity index is 1.43. The molecule has 2 aliphatic heterocycles. The van der Waals surface area contributed by atoms with Crippen molar-refractivity contribution in [1.82, 2.24) is 19.9 Å². The van der Waals surface area contributed by atoms with Crippen molar-refractivity contribution in [3.8, 4) is 17.1 Å². The molecule has 2 aliphatic rings. The molecule has 0 unspecified atom stereocenters. The van der Waals surface area contributed by atoms with Gasteiger partial charge in [0.2, 0.25) is 5.88 Å². The van der Waals surface area contributed by atoms with Crippen molar-refractivity contribution in [3.05, 3.63) is 42.9 Å². The van der Waals surface area contributed by atoms with E-state index in [1.54, 1.807) is 28.1 Å². The van der Waals surface area contributed by atoms with Crippen LogP contribution in [0.15, 0.2) is 42.9 Å². The molecule has 182 valence electrons. The van der Waals surface area contributed by atoms with Crippen LogP contribution in [-0.4, -0.2) is 65.2 Å². The van der Waals surface area contributed by atoms with Gasteiger partial charge in [-0.05, 0) is 30.7 Å². The van der Waals surface area contributed by atoms with E-state index in [9.17, 15) is 13.6 Å². The zero-order valence-corrected chi connectivity index (χ0v) is 19.0. The summed E-state index contributed by atoms with van der Waals surface area (Å²) in [7, 11) is 1.48. The molecule has 0 spiro atoms. The van der Waals surface area contributed by atoms with E-state index in [1.165, 1.54) is 19.5 Å². The second kappa shape index (κ2) is 9.28. The number of amides is 2. The number of nitrogens with zero attached hydrogens (tertiary/aromatic N) is 6. The van der Waals surface area contributed by atoms with Gasteiger partial charge in [0.25, 0.3) is 5.92 Å². The number of alkyl halides is 2. The van der Waals surface area contributed by atoms with Crippen LogP contribution in [0.5, 0.6) is 5.88 Å². The molecule has 0 saturated carbocycles. The lowest BCUT2D eigenvalue weighted by molar-refractivity contribution is 0.0256. The SMILES string of the molecule is COc1cc(NC(=O)N2CCCNc3ccc(-c4ccnc(N5CCC(F)(F)C5)c4)nc32)ncn1. The Morgan fingerprint density at radius 3 is 2.86 bits per heavy atom. The molecule has 10 nitrogen and oxygen atoms in total. The molecule has 0 atom stereocenters. The van der Waals surface area contributed by atoms with Crippen LogP contribution >= 0.6 is 0 Å². The highest BCUT2D eigenvalue weighted by Gasteiger charge is 2.38. The smallest absolute Gasteiger partial charge is 0.328 e. The molecule has 0 aliphatic carbocycles. The van der Waals surface area contributed by atoms with Gasteiger partial charge in [0.15, 0.2) is 5.82 Å². The largest absolute Gasteiger partial charge is 0.481 e. The van der Waals surface area contributed by atoms with Crippen molar-refractivity contribution in [3.63, 3.8) is 0 Å². The molecule has 1 fully saturated rings. The van der Waals surface area contributed by atoms with Crippen LogP contribution in [-0.2, 0) is 0 Å². The molecule has 2 N–H and O–H groups in total. The zero-order chi connectivity index (χ0) is 24.4. The summed E-state index contributed by atoms with van der Waals surface area (Å²) in [6.45, 7) is 1.01. The summed E-state index contributed by atoms with van der Waals surface area (Å²) in [5, 5.41) is 6.07. The number of fused-ring (bicyclic) bond motifs is 1. The first-order valence-electron chi connectivity index (χ1n) is 11.2. The van der Waals surface area contributed by atoms with Crippen LogP contribution in [0.2, 0.25) is 0 Å². The van der Waals surface area contributed by atoms with E-state index in [2.05, 4.69) is 25.6 Å². The standard InChI is InChI=1S/C23H24F2N8O2/c1-35-20-12-18(28-14-29-20)31-22(34)33-9-2-7-26-17-4-3-16(30-21(17)33)15-5-8-27-19(11-15)32-10-6-23(24,25)13-32/h3-5,8,11-12,14,26H,2,6-7,9-10,13H2,1H3,(H,28,29,31,34). The number of carbonyl (C=O) groups excluding carboxylic acids is 1. The van der Waals surface area contributed by atoms with Gasteiger partial charge >= 0.3 is 6.03 Å². The Bertz CT molecular complexity index is 1240. The normalized spacial score (nSPS) is 16.8. The van der Waals surface area contributed by atoms with Crippen LogP contribution in [0.25, 0.3) is 11.3 Å². The Labute approximate surface area is 200 Å². The Morgan fingerprint density at radius 1 is 1.17 bits per heavy atom. The maximum Gasteiger partial charge on any atom is 0.328 e. The van der Waals surface area contributed by atoms with Gasteiger partial charge in [0.05, 0.1) is 25.0 Å². The highest BCUT2D eigenvalue weighted by Crippen LogP contribution is 2.33. The molecule has 0 radical (unpaired) electrons. The van der Waals surface area contributed by atoms with E-state index in [-0.39, 0.29) is 19.5 Å². The molecule has 3 aromatic heterocycles. The highest BCUT2D eigenvalue weighted by molar-refractivity contribution is 6.02. The molecule has 0 aromatic carbocycles. The minimum atomic E-state index is -2.72. The van der Waals surface area contributed by atoms with Crippen LogP contribution in [0.3, 0.4) is 0 Å². The fourth-order valence-corrected chi connectivity index (χ4v) is 4.10. The number of rotatable bonds is 4. The van der Waals surface area contributed by atoms with Crippen molar-refractivity contribution in [1.29, 1.82) is 0 Å². The summed E-state index contributed by atoms with van der Waals surface area (Å²) in [5.41, 5.74) is 2.04. The predicted octanol–water partition coefficient (Wildman–Crippen LogP) is 3.64. The number of nitrogens with one attached hydrogen (secondary N) is 2. The third-order valence-electron chi connectivity index (χ3n) is 5.87. The van der Waals surface area contributed by atoms with Crippen molar-refractivity contribution in [2.24, 2.45) is 0 Å². The first-order valence-corrected chi connectivity index (χ1v) is 11.2. The number of aromatic nitrogens is 4. The molecule has 1 saturated heterocycles. The number of halogens is 2. The monoisotopic (exact) mass is 482 g/mol. The highest BCUT2D eigenvalue weighted by atomic mass is 19.3. The third-order valence-corrected chi connectivity index (χ3v) is 5.87. The number of hydrogen-bond acceptors (Lipinski definition) is 8. The minimum absolute atomic E-state index is 0.191. The van der Waals surface area contributed by atoms with Gasteiger partial charge in [-0.25, -0.2) is 33.5 Å². The van der Waals surface area contributed by atoms with Crippen LogP contribution in [0, 0.1) is 0 Å². The molecular weight excluding hydrogens is 458 g/mol. The van der Waals surface area contributed by atoms with Gasteiger partial charge < -0.3 is 15.0 Å². The van der Waals surface area contributed by atoms with E-state index in [1.807, 2.05) is 12.1 Å². The van der Waals surface area contributed by atoms with Crippen LogP contribution in [0.1, 0.15) is 12.8 Å². The lowest BCUT2D eigenvalue weighted by Gasteiger charge is -2.22. The lowest BCUT2D eigenvalue weighted by Crippen LogP contribution is -2.36. The average Bonchev–Trinajstić information content (AvgIpc) is 3.10. The van der Waals surface area contributed by atoms with Crippen molar-refractivity contribution < 1.29 is 18.3 Å². The van der Waals surface area contributed by atoms with Gasteiger partial charge in [-0.3, -0.25) is 10.2 Å². The Morgan fingerprint density at radius 2 is 2.06 bits per heavy atom. The van der Waals surface area contributed by atoms with E-state index in [0.717, 1.165) is 17.7 Å². The number of ether oxygens (including phenoxy) is 1. The first-order chi connectivity index (χ1) is 16.9. The number of pyridine rings is 2. The minimum Gasteiger partial charge on any atom is -0.481 e. The molecular formula is C23H24F2N8O2. The van der Waals surface area contributed by atoms with Crippen molar-refractivity contribution >= 4 is 29.2 Å². The maximum atomic E-state index is 13.7. The van der Waals surface area contributed by atoms with Gasteiger partial charge in [-0.1, -0.05) is 0 Å². The molecule has 35 heavy (non-hydrogen) atoms. The van der Waals surface area contributed by atoms with Gasteiger partial charge in [-0.2, -0.15) is 0 Å². The summed E-state index contributed by atoms with van der Waals surface area (Å²) in [6.07, 6.45) is 3.42. The maximum absolute atomic E-state index is 13.7. The molecule has 0 bridgehead atoms. The van der Waals surface area contributed by atoms with Gasteiger partial charge in [0, 0.05) is 43.9 Å². The van der Waals surface area contributed by atoms with Gasteiger partial charge in [-0.15, -0.1) is 0 Å². The fourth-order valence-electron chi connectivity index (χ4n) is 4.10. The van der Waals surface area contributed by atoms with E-state index in [4.69, 9.17) is 9.72 Å². The molecule has 2 amide bonds. The van der Waals surface area contributed by atoms with Crippen molar-refractivity contribution in [2.45, 2.75) is 18.8 Å². The first kappa shape index (κ1) is 22.7. The molecule has 12 heteroatoms. The van der Waals surface area contributed by atoms with Crippen LogP contribution < -0.4 is 25.2 Å². The summed E-state index contributed by atoms with van der Waals surface area (Å²) in [5.74, 6) is -1.14. The Hall–Kier alpha value is -4.09. The number of anilines is 4. The molecule has 5 rings (SSSR count). The van der Waals surface area contributed by atoms with Crippen molar-refractivity contribution in [2.75, 3.05) is 53.7 Å². The quantitative estimate of drug-likeness (QED) is 0.580. The summed E-state index contributed by atoms with van der Waals surface area (Å²) in [4.78, 5) is 33.4. The van der Waals surface area contributed by atoms with E-state index in [0.29, 0.717) is 42.1 Å². The second-order valence-electron chi connectivity index (χ2n) is 8.31. The second-order valence-corrected chi connectivity index (χ2v) is 8.31. The third kappa shape index (κ3) is 4.91. The summed E-state index contributed by atoms with van der Waals surface area (Å²) in [6, 6.07) is 8.35. The fraction of sp³-hybridized carbons (Fsp3) is 0.348. The van der Waals surface area contributed by atoms with E-state index >= 15 is 0 Å². The lowest BCUT2D eigenvalue weighted by atomic mass is 10.1. The van der Waals surface area contributed by atoms with Crippen LogP contribution in [0.4, 0.5) is 36.7 Å². The molecule has 5 heterocycles. The summed E-state index contributed by atoms with van der Waals surface area (Å²) < 4.78 is 32.5. The average molecular weight is 482 g/mol. The summed E-state index contributed by atoms with van der Waals surface area (Å²) >= 11 is 0. The topological polar surface area (TPSA) is 108 Å².